The van der Waals surface area contributed by atoms with Crippen LogP contribution in [0.25, 0.3) is 0 Å². The molecule has 0 aliphatic rings. The van der Waals surface area contributed by atoms with Crippen molar-refractivity contribution in [1.29, 1.82) is 0 Å². The van der Waals surface area contributed by atoms with Crippen molar-refractivity contribution < 1.29 is 4.74 Å². The highest BCUT2D eigenvalue weighted by molar-refractivity contribution is 5.44. The normalized spacial score (nSPS) is 12.8. The minimum atomic E-state index is 0.459. The molecule has 0 bridgehead atoms. The maximum absolute atomic E-state index is 5.47. The van der Waals surface area contributed by atoms with Gasteiger partial charge in [0.25, 0.3) is 0 Å². The van der Waals surface area contributed by atoms with Gasteiger partial charge >= 0.3 is 0 Å². The predicted octanol–water partition coefficient (Wildman–Crippen LogP) is 4.79. The molecular formula is C18H31NO. The van der Waals surface area contributed by atoms with E-state index in [2.05, 4.69) is 52.1 Å². The lowest BCUT2D eigenvalue weighted by molar-refractivity contribution is 0.406. The highest BCUT2D eigenvalue weighted by Gasteiger charge is 2.14. The van der Waals surface area contributed by atoms with Gasteiger partial charge < -0.3 is 10.1 Å². The molecule has 0 amide bonds. The zero-order chi connectivity index (χ0) is 15.1. The summed E-state index contributed by atoms with van der Waals surface area (Å²) in [5.41, 5.74) is 3.86. The van der Waals surface area contributed by atoms with Crippen LogP contribution in [0.1, 0.15) is 62.8 Å². The first kappa shape index (κ1) is 17.0. The average Bonchev–Trinajstić information content (AvgIpc) is 2.38. The van der Waals surface area contributed by atoms with Crippen LogP contribution < -0.4 is 10.1 Å². The maximum Gasteiger partial charge on any atom is 0.124 e. The van der Waals surface area contributed by atoms with Crippen molar-refractivity contribution >= 4 is 0 Å². The van der Waals surface area contributed by atoms with Gasteiger partial charge in [0.2, 0.25) is 0 Å². The van der Waals surface area contributed by atoms with Crippen LogP contribution in [0, 0.1) is 19.8 Å². The molecule has 0 radical (unpaired) electrons. The summed E-state index contributed by atoms with van der Waals surface area (Å²) in [6.45, 7) is 12.1. The van der Waals surface area contributed by atoms with Crippen LogP contribution in [-0.2, 0) is 0 Å². The second kappa shape index (κ2) is 8.31. The van der Waals surface area contributed by atoms with Gasteiger partial charge in [0.15, 0.2) is 0 Å². The largest absolute Gasteiger partial charge is 0.496 e. The molecule has 1 atom stereocenters. The van der Waals surface area contributed by atoms with Crippen molar-refractivity contribution in [3.63, 3.8) is 0 Å². The first-order valence-electron chi connectivity index (χ1n) is 7.88. The number of ether oxygens (including phenoxy) is 1. The standard InChI is InChI=1S/C18H31NO/c1-7-10-19-17(9-8-13(2)3)16-11-14(4)18(20-6)15(5)12-16/h11-13,17,19H,7-10H2,1-6H3. The minimum absolute atomic E-state index is 0.459. The summed E-state index contributed by atoms with van der Waals surface area (Å²) in [5, 5.41) is 3.69. The molecule has 1 aromatic carbocycles. The van der Waals surface area contributed by atoms with E-state index in [0.29, 0.717) is 6.04 Å². The van der Waals surface area contributed by atoms with Gasteiger partial charge in [-0.1, -0.05) is 32.9 Å². The lowest BCUT2D eigenvalue weighted by Crippen LogP contribution is -2.23. The van der Waals surface area contributed by atoms with E-state index in [4.69, 9.17) is 4.74 Å². The van der Waals surface area contributed by atoms with Crippen LogP contribution in [0.3, 0.4) is 0 Å². The lowest BCUT2D eigenvalue weighted by atomic mass is 9.94. The van der Waals surface area contributed by atoms with E-state index in [1.807, 2.05) is 0 Å². The highest BCUT2D eigenvalue weighted by atomic mass is 16.5. The molecule has 0 fully saturated rings. The van der Waals surface area contributed by atoms with Gasteiger partial charge in [-0.05, 0) is 62.3 Å². The molecule has 1 N–H and O–H groups in total. The van der Waals surface area contributed by atoms with E-state index in [1.54, 1.807) is 7.11 Å². The van der Waals surface area contributed by atoms with Crippen molar-refractivity contribution in [1.82, 2.24) is 5.32 Å². The fourth-order valence-corrected chi connectivity index (χ4v) is 2.71. The molecule has 20 heavy (non-hydrogen) atoms. The Balaban J connectivity index is 2.94. The maximum atomic E-state index is 5.47. The van der Waals surface area contributed by atoms with Crippen LogP contribution in [-0.4, -0.2) is 13.7 Å². The first-order valence-corrected chi connectivity index (χ1v) is 7.88. The average molecular weight is 277 g/mol. The molecule has 2 nitrogen and oxygen atoms in total. The Labute approximate surface area is 124 Å². The molecule has 2 heteroatoms. The SMILES string of the molecule is CCCNC(CCC(C)C)c1cc(C)c(OC)c(C)c1. The third-order valence-electron chi connectivity index (χ3n) is 3.76. The van der Waals surface area contributed by atoms with Gasteiger partial charge in [0.1, 0.15) is 5.75 Å². The fourth-order valence-electron chi connectivity index (χ4n) is 2.71. The molecule has 0 saturated carbocycles. The number of hydrogen-bond donors (Lipinski definition) is 1. The van der Waals surface area contributed by atoms with E-state index in [1.165, 1.54) is 36.0 Å². The van der Waals surface area contributed by atoms with E-state index in [9.17, 15) is 0 Å². The zero-order valence-corrected chi connectivity index (χ0v) is 14.0. The van der Waals surface area contributed by atoms with Gasteiger partial charge in [-0.3, -0.25) is 0 Å². The Morgan fingerprint density at radius 2 is 1.70 bits per heavy atom. The van der Waals surface area contributed by atoms with E-state index < -0.39 is 0 Å². The Morgan fingerprint density at radius 3 is 2.15 bits per heavy atom. The summed E-state index contributed by atoms with van der Waals surface area (Å²) in [4.78, 5) is 0. The summed E-state index contributed by atoms with van der Waals surface area (Å²) in [6.07, 6.45) is 3.63. The zero-order valence-electron chi connectivity index (χ0n) is 14.0. The lowest BCUT2D eigenvalue weighted by Gasteiger charge is -2.22. The summed E-state index contributed by atoms with van der Waals surface area (Å²) >= 11 is 0. The Kier molecular flexibility index (Phi) is 7.08. The molecule has 1 rings (SSSR count). The van der Waals surface area contributed by atoms with Crippen LogP contribution in [0.2, 0.25) is 0 Å². The Morgan fingerprint density at radius 1 is 1.10 bits per heavy atom. The van der Waals surface area contributed by atoms with Crippen LogP contribution in [0.4, 0.5) is 0 Å². The van der Waals surface area contributed by atoms with Gasteiger partial charge in [-0.2, -0.15) is 0 Å². The second-order valence-corrected chi connectivity index (χ2v) is 6.17. The molecule has 0 aliphatic carbocycles. The first-order chi connectivity index (χ1) is 9.49. The number of methoxy groups -OCH3 is 1. The van der Waals surface area contributed by atoms with Crippen LogP contribution >= 0.6 is 0 Å². The minimum Gasteiger partial charge on any atom is -0.496 e. The molecule has 114 valence electrons. The highest BCUT2D eigenvalue weighted by Crippen LogP contribution is 2.29. The van der Waals surface area contributed by atoms with Crippen molar-refractivity contribution in [2.75, 3.05) is 13.7 Å². The summed E-state index contributed by atoms with van der Waals surface area (Å²) in [7, 11) is 1.75. The molecular weight excluding hydrogens is 246 g/mol. The number of rotatable bonds is 8. The fraction of sp³-hybridized carbons (Fsp3) is 0.667. The predicted molar refractivity (Wildman–Crippen MR) is 87.6 cm³/mol. The van der Waals surface area contributed by atoms with Gasteiger partial charge in [0.05, 0.1) is 7.11 Å². The number of aryl methyl sites for hydroxylation is 2. The topological polar surface area (TPSA) is 21.3 Å². The second-order valence-electron chi connectivity index (χ2n) is 6.17. The molecule has 1 unspecified atom stereocenters. The van der Waals surface area contributed by atoms with E-state index >= 15 is 0 Å². The molecule has 0 aromatic heterocycles. The third kappa shape index (κ3) is 4.82. The molecule has 0 spiro atoms. The number of nitrogens with one attached hydrogen (secondary N) is 1. The van der Waals surface area contributed by atoms with Gasteiger partial charge in [0, 0.05) is 6.04 Å². The molecule has 0 aliphatic heterocycles. The van der Waals surface area contributed by atoms with Crippen molar-refractivity contribution in [3.8, 4) is 5.75 Å². The molecule has 1 aromatic rings. The van der Waals surface area contributed by atoms with Gasteiger partial charge in [-0.25, -0.2) is 0 Å². The van der Waals surface area contributed by atoms with Crippen LogP contribution in [0.5, 0.6) is 5.75 Å². The van der Waals surface area contributed by atoms with Crippen LogP contribution in [0.15, 0.2) is 12.1 Å². The molecule has 0 heterocycles. The third-order valence-corrected chi connectivity index (χ3v) is 3.76. The smallest absolute Gasteiger partial charge is 0.124 e. The summed E-state index contributed by atoms with van der Waals surface area (Å²) in [6, 6.07) is 5.01. The molecule has 0 saturated heterocycles. The number of hydrogen-bond acceptors (Lipinski definition) is 2. The quantitative estimate of drug-likeness (QED) is 0.737. The van der Waals surface area contributed by atoms with Gasteiger partial charge in [-0.15, -0.1) is 0 Å². The van der Waals surface area contributed by atoms with Crippen molar-refractivity contribution in [2.45, 2.75) is 59.9 Å². The summed E-state index contributed by atoms with van der Waals surface area (Å²) in [5.74, 6) is 1.77. The van der Waals surface area contributed by atoms with E-state index in [0.717, 1.165) is 18.2 Å². The van der Waals surface area contributed by atoms with E-state index in [-0.39, 0.29) is 0 Å². The Bertz CT molecular complexity index is 389. The number of benzene rings is 1. The summed E-state index contributed by atoms with van der Waals surface area (Å²) < 4.78 is 5.47. The van der Waals surface area contributed by atoms with Crippen molar-refractivity contribution in [3.05, 3.63) is 28.8 Å². The monoisotopic (exact) mass is 277 g/mol. The van der Waals surface area contributed by atoms with Crippen molar-refractivity contribution in [2.24, 2.45) is 5.92 Å². The Hall–Kier alpha value is -1.02.